The number of hydrogen-bond acceptors (Lipinski definition) is 5. The molecule has 0 unspecified atom stereocenters. The molecule has 18 heavy (non-hydrogen) atoms. The van der Waals surface area contributed by atoms with Crippen molar-refractivity contribution >= 4 is 28.5 Å². The Morgan fingerprint density at radius 3 is 3.06 bits per heavy atom. The fraction of sp³-hybridized carbons (Fsp3) is 0.0833. The van der Waals surface area contributed by atoms with E-state index < -0.39 is 0 Å². The van der Waals surface area contributed by atoms with Crippen LogP contribution >= 0.6 is 11.8 Å². The lowest BCUT2D eigenvalue weighted by molar-refractivity contribution is 1.06. The Morgan fingerprint density at radius 2 is 2.22 bits per heavy atom. The van der Waals surface area contributed by atoms with E-state index in [-0.39, 0.29) is 0 Å². The fourth-order valence-electron chi connectivity index (χ4n) is 1.62. The molecule has 1 aromatic carbocycles. The molecule has 3 N–H and O–H groups in total. The highest BCUT2D eigenvalue weighted by Gasteiger charge is 2.04. The molecule has 0 bridgehead atoms. The molecule has 0 atom stereocenters. The summed E-state index contributed by atoms with van der Waals surface area (Å²) in [5.74, 6) is 0.739. The topological polar surface area (TPSA) is 80.5 Å². The molecule has 0 fully saturated rings. The molecule has 0 saturated carbocycles. The van der Waals surface area contributed by atoms with Crippen LogP contribution in [0.5, 0.6) is 0 Å². The van der Waals surface area contributed by atoms with Crippen molar-refractivity contribution in [3.05, 3.63) is 42.5 Å². The van der Waals surface area contributed by atoms with Gasteiger partial charge in [0.1, 0.15) is 0 Å². The Balaban J connectivity index is 1.79. The number of benzene rings is 1. The van der Waals surface area contributed by atoms with Crippen molar-refractivity contribution in [1.29, 1.82) is 0 Å². The maximum Gasteiger partial charge on any atom is 0.166 e. The van der Waals surface area contributed by atoms with Crippen LogP contribution < -0.4 is 5.73 Å². The number of aromatic amines is 1. The molecule has 0 spiro atoms. The van der Waals surface area contributed by atoms with Crippen LogP contribution in [-0.4, -0.2) is 19.9 Å². The minimum atomic E-state index is 0.733. The smallest absolute Gasteiger partial charge is 0.166 e. The second kappa shape index (κ2) is 4.66. The van der Waals surface area contributed by atoms with Gasteiger partial charge in [-0.3, -0.25) is 9.97 Å². The average molecular weight is 257 g/mol. The summed E-state index contributed by atoms with van der Waals surface area (Å²) in [5.41, 5.74) is 9.27. The van der Waals surface area contributed by atoms with Gasteiger partial charge in [0, 0.05) is 30.0 Å². The normalized spacial score (nSPS) is 10.9. The van der Waals surface area contributed by atoms with Crippen LogP contribution in [0.15, 0.2) is 41.9 Å². The summed E-state index contributed by atoms with van der Waals surface area (Å²) in [6, 6.07) is 5.64. The Bertz CT molecular complexity index is 665. The number of anilines is 1. The van der Waals surface area contributed by atoms with Crippen molar-refractivity contribution in [2.45, 2.75) is 10.9 Å². The molecular weight excluding hydrogens is 246 g/mol. The van der Waals surface area contributed by atoms with Crippen LogP contribution in [0.2, 0.25) is 0 Å². The summed E-state index contributed by atoms with van der Waals surface area (Å²) in [7, 11) is 0. The lowest BCUT2D eigenvalue weighted by Crippen LogP contribution is -1.87. The Hall–Kier alpha value is -2.08. The molecule has 6 heteroatoms. The monoisotopic (exact) mass is 257 g/mol. The lowest BCUT2D eigenvalue weighted by Gasteiger charge is -1.96. The summed E-state index contributed by atoms with van der Waals surface area (Å²) in [6.07, 6.45) is 5.11. The number of nitrogens with one attached hydrogen (secondary N) is 1. The van der Waals surface area contributed by atoms with Gasteiger partial charge in [0.2, 0.25) is 0 Å². The molecule has 2 aromatic heterocycles. The first-order valence-electron chi connectivity index (χ1n) is 5.44. The van der Waals surface area contributed by atoms with E-state index >= 15 is 0 Å². The van der Waals surface area contributed by atoms with Crippen molar-refractivity contribution in [3.63, 3.8) is 0 Å². The molecular formula is C12H11N5S. The standard InChI is InChI=1S/C12H11N5S/c13-8-1-2-10-11(5-8)17-12(16-10)18-7-9-6-14-3-4-15-9/h1-6H,7,13H2,(H,16,17). The van der Waals surface area contributed by atoms with Crippen molar-refractivity contribution in [2.75, 3.05) is 5.73 Å². The maximum atomic E-state index is 5.73. The van der Waals surface area contributed by atoms with Gasteiger partial charge in [0.15, 0.2) is 5.16 Å². The highest BCUT2D eigenvalue weighted by Crippen LogP contribution is 2.23. The Kier molecular flexibility index (Phi) is 2.85. The van der Waals surface area contributed by atoms with Crippen LogP contribution in [0.3, 0.4) is 0 Å². The van der Waals surface area contributed by atoms with E-state index in [0.29, 0.717) is 0 Å². The van der Waals surface area contributed by atoms with E-state index in [4.69, 9.17) is 5.73 Å². The number of hydrogen-bond donors (Lipinski definition) is 2. The van der Waals surface area contributed by atoms with Crippen LogP contribution in [0.1, 0.15) is 5.69 Å². The quantitative estimate of drug-likeness (QED) is 0.555. The summed E-state index contributed by atoms with van der Waals surface area (Å²) in [4.78, 5) is 15.9. The first-order chi connectivity index (χ1) is 8.81. The number of nitrogens with zero attached hydrogens (tertiary/aromatic N) is 3. The molecule has 2 heterocycles. The van der Waals surface area contributed by atoms with E-state index in [1.807, 2.05) is 18.2 Å². The van der Waals surface area contributed by atoms with E-state index in [0.717, 1.165) is 33.3 Å². The van der Waals surface area contributed by atoms with Gasteiger partial charge in [0.25, 0.3) is 0 Å². The van der Waals surface area contributed by atoms with Gasteiger partial charge >= 0.3 is 0 Å². The van der Waals surface area contributed by atoms with E-state index in [1.165, 1.54) is 0 Å². The fourth-order valence-corrected chi connectivity index (χ4v) is 2.40. The number of nitrogen functional groups attached to an aromatic ring is 1. The van der Waals surface area contributed by atoms with Gasteiger partial charge in [0.05, 0.1) is 16.7 Å². The zero-order valence-electron chi connectivity index (χ0n) is 9.50. The van der Waals surface area contributed by atoms with Gasteiger partial charge in [-0.2, -0.15) is 0 Å². The van der Waals surface area contributed by atoms with Crippen LogP contribution in [-0.2, 0) is 5.75 Å². The minimum Gasteiger partial charge on any atom is -0.399 e. The third-order valence-corrected chi connectivity index (χ3v) is 3.36. The number of H-pyrrole nitrogens is 1. The number of imidazole rings is 1. The van der Waals surface area contributed by atoms with Gasteiger partial charge in [-0.25, -0.2) is 4.98 Å². The second-order valence-corrected chi connectivity index (χ2v) is 4.77. The molecule has 0 amide bonds. The van der Waals surface area contributed by atoms with Gasteiger partial charge in [-0.1, -0.05) is 11.8 Å². The largest absolute Gasteiger partial charge is 0.399 e. The van der Waals surface area contributed by atoms with Crippen LogP contribution in [0.25, 0.3) is 11.0 Å². The van der Waals surface area contributed by atoms with E-state index in [2.05, 4.69) is 19.9 Å². The van der Waals surface area contributed by atoms with Crippen LogP contribution in [0.4, 0.5) is 5.69 Å². The summed E-state index contributed by atoms with van der Waals surface area (Å²) >= 11 is 1.60. The third-order valence-electron chi connectivity index (χ3n) is 2.46. The Labute approximate surface area is 108 Å². The predicted molar refractivity (Wildman–Crippen MR) is 72.1 cm³/mol. The highest BCUT2D eigenvalue weighted by atomic mass is 32.2. The van der Waals surface area contributed by atoms with Gasteiger partial charge in [-0.05, 0) is 18.2 Å². The SMILES string of the molecule is Nc1ccc2nc(SCc3cnccn3)[nH]c2c1. The number of nitrogens with two attached hydrogens (primary N) is 1. The number of rotatable bonds is 3. The average Bonchev–Trinajstić information content (AvgIpc) is 2.79. The van der Waals surface area contributed by atoms with E-state index in [9.17, 15) is 0 Å². The number of aromatic nitrogens is 4. The third kappa shape index (κ3) is 2.28. The van der Waals surface area contributed by atoms with Gasteiger partial charge in [-0.15, -0.1) is 0 Å². The van der Waals surface area contributed by atoms with Crippen molar-refractivity contribution in [1.82, 2.24) is 19.9 Å². The Morgan fingerprint density at radius 1 is 1.28 bits per heavy atom. The molecule has 0 aliphatic heterocycles. The first-order valence-corrected chi connectivity index (χ1v) is 6.43. The molecule has 0 aliphatic carbocycles. The zero-order valence-corrected chi connectivity index (χ0v) is 10.3. The van der Waals surface area contributed by atoms with Crippen molar-refractivity contribution in [2.24, 2.45) is 0 Å². The van der Waals surface area contributed by atoms with Crippen LogP contribution in [0, 0.1) is 0 Å². The maximum absolute atomic E-state index is 5.73. The molecule has 0 radical (unpaired) electrons. The number of fused-ring (bicyclic) bond motifs is 1. The van der Waals surface area contributed by atoms with Crippen molar-refractivity contribution in [3.8, 4) is 0 Å². The molecule has 3 rings (SSSR count). The van der Waals surface area contributed by atoms with E-state index in [1.54, 1.807) is 30.4 Å². The highest BCUT2D eigenvalue weighted by molar-refractivity contribution is 7.98. The molecule has 5 nitrogen and oxygen atoms in total. The first kappa shape index (κ1) is 11.0. The summed E-state index contributed by atoms with van der Waals surface area (Å²) in [6.45, 7) is 0. The molecule has 90 valence electrons. The molecule has 0 saturated heterocycles. The minimum absolute atomic E-state index is 0.733. The lowest BCUT2D eigenvalue weighted by atomic mass is 10.3. The predicted octanol–water partition coefficient (Wildman–Crippen LogP) is 2.23. The molecule has 0 aliphatic rings. The number of thioether (sulfide) groups is 1. The molecule has 3 aromatic rings. The second-order valence-electron chi connectivity index (χ2n) is 3.80. The zero-order chi connectivity index (χ0) is 12.4. The summed E-state index contributed by atoms with van der Waals surface area (Å²) < 4.78 is 0. The van der Waals surface area contributed by atoms with Crippen molar-refractivity contribution < 1.29 is 0 Å². The van der Waals surface area contributed by atoms with Gasteiger partial charge < -0.3 is 10.7 Å². The summed E-state index contributed by atoms with van der Waals surface area (Å²) in [5, 5.41) is 0.862.